The summed E-state index contributed by atoms with van der Waals surface area (Å²) in [5.74, 6) is -0.149. The van der Waals surface area contributed by atoms with Gasteiger partial charge in [-0.25, -0.2) is 4.98 Å². The molecule has 2 N–H and O–H groups in total. The summed E-state index contributed by atoms with van der Waals surface area (Å²) in [6, 6.07) is 7.52. The van der Waals surface area contributed by atoms with Gasteiger partial charge in [-0.05, 0) is 45.4 Å². The van der Waals surface area contributed by atoms with Crippen LogP contribution in [0.3, 0.4) is 0 Å². The van der Waals surface area contributed by atoms with Crippen molar-refractivity contribution >= 4 is 17.2 Å². The third kappa shape index (κ3) is 3.37. The summed E-state index contributed by atoms with van der Waals surface area (Å²) in [4.78, 5) is 19.6. The van der Waals surface area contributed by atoms with Gasteiger partial charge in [-0.1, -0.05) is 12.1 Å². The number of rotatable bonds is 5. The lowest BCUT2D eigenvalue weighted by molar-refractivity contribution is -0.179. The third-order valence-corrected chi connectivity index (χ3v) is 7.32. The Balaban J connectivity index is 1.47. The van der Waals surface area contributed by atoms with Gasteiger partial charge in [0.25, 0.3) is 5.91 Å². The van der Waals surface area contributed by atoms with E-state index in [2.05, 4.69) is 22.2 Å². The van der Waals surface area contributed by atoms with Gasteiger partial charge in [0.05, 0.1) is 25.4 Å². The highest BCUT2D eigenvalue weighted by atomic mass is 32.1. The molecule has 1 saturated carbocycles. The molecule has 1 atom stereocenters. The maximum Gasteiger partial charge on any atom is 0.251 e. The van der Waals surface area contributed by atoms with Gasteiger partial charge in [-0.3, -0.25) is 9.69 Å². The lowest BCUT2D eigenvalue weighted by Crippen LogP contribution is -2.73. The first-order chi connectivity index (χ1) is 13.5. The molecule has 1 aliphatic heterocycles. The van der Waals surface area contributed by atoms with Crippen molar-refractivity contribution in [3.63, 3.8) is 0 Å². The zero-order valence-electron chi connectivity index (χ0n) is 16.4. The maximum atomic E-state index is 12.8. The summed E-state index contributed by atoms with van der Waals surface area (Å²) in [5, 5.41) is 16.1. The SMILES string of the molecule is Cc1csc(-c2cccc(C(=O)NCC3(CO)COCC4(CCC4)N3C)c2)n1. The first-order valence-corrected chi connectivity index (χ1v) is 10.6. The molecule has 0 bridgehead atoms. The minimum absolute atomic E-state index is 0.00826. The van der Waals surface area contributed by atoms with Crippen LogP contribution in [0.2, 0.25) is 0 Å². The fourth-order valence-electron chi connectivity index (χ4n) is 4.20. The van der Waals surface area contributed by atoms with E-state index in [-0.39, 0.29) is 18.1 Å². The van der Waals surface area contributed by atoms with E-state index in [1.54, 1.807) is 17.4 Å². The zero-order valence-corrected chi connectivity index (χ0v) is 17.2. The summed E-state index contributed by atoms with van der Waals surface area (Å²) >= 11 is 1.57. The van der Waals surface area contributed by atoms with E-state index in [9.17, 15) is 9.90 Å². The number of ether oxygens (including phenoxy) is 1. The van der Waals surface area contributed by atoms with Crippen molar-refractivity contribution in [2.45, 2.75) is 37.3 Å². The average molecular weight is 402 g/mol. The molecule has 1 amide bonds. The molecule has 1 unspecified atom stereocenters. The summed E-state index contributed by atoms with van der Waals surface area (Å²) in [6.45, 7) is 3.38. The number of benzene rings is 1. The van der Waals surface area contributed by atoms with Crippen LogP contribution in [0, 0.1) is 6.92 Å². The molecule has 1 aromatic heterocycles. The van der Waals surface area contributed by atoms with E-state index in [4.69, 9.17) is 4.74 Å². The van der Waals surface area contributed by atoms with Crippen molar-refractivity contribution in [3.05, 3.63) is 40.9 Å². The molecule has 1 aliphatic carbocycles. The Labute approximate surface area is 169 Å². The van der Waals surface area contributed by atoms with Gasteiger partial charge >= 0.3 is 0 Å². The second-order valence-corrected chi connectivity index (χ2v) is 8.93. The summed E-state index contributed by atoms with van der Waals surface area (Å²) in [7, 11) is 2.05. The molecule has 2 fully saturated rings. The highest BCUT2D eigenvalue weighted by Gasteiger charge is 2.53. The third-order valence-electron chi connectivity index (χ3n) is 6.31. The molecule has 2 aliphatic rings. The number of carbonyl (C=O) groups is 1. The molecule has 6 nitrogen and oxygen atoms in total. The van der Waals surface area contributed by atoms with E-state index in [0.29, 0.717) is 25.3 Å². The first-order valence-electron chi connectivity index (χ1n) is 9.71. The number of aliphatic hydroxyl groups is 1. The highest BCUT2D eigenvalue weighted by Crippen LogP contribution is 2.43. The monoisotopic (exact) mass is 401 g/mol. The Morgan fingerprint density at radius 2 is 2.21 bits per heavy atom. The van der Waals surface area contributed by atoms with Crippen molar-refractivity contribution in [1.82, 2.24) is 15.2 Å². The molecule has 2 heterocycles. The van der Waals surface area contributed by atoms with Crippen LogP contribution in [-0.2, 0) is 4.74 Å². The zero-order chi connectivity index (χ0) is 19.8. The van der Waals surface area contributed by atoms with Crippen LogP contribution >= 0.6 is 11.3 Å². The van der Waals surface area contributed by atoms with E-state index in [0.717, 1.165) is 29.1 Å². The van der Waals surface area contributed by atoms with E-state index in [1.165, 1.54) is 6.42 Å². The Bertz CT molecular complexity index is 864. The molecule has 1 saturated heterocycles. The predicted molar refractivity (Wildman–Crippen MR) is 110 cm³/mol. The molecule has 4 rings (SSSR count). The molecule has 1 aromatic carbocycles. The summed E-state index contributed by atoms with van der Waals surface area (Å²) in [6.07, 6.45) is 3.34. The van der Waals surface area contributed by atoms with Crippen molar-refractivity contribution in [1.29, 1.82) is 0 Å². The Morgan fingerprint density at radius 3 is 2.86 bits per heavy atom. The highest BCUT2D eigenvalue weighted by molar-refractivity contribution is 7.13. The van der Waals surface area contributed by atoms with Crippen LogP contribution in [0.1, 0.15) is 35.3 Å². The van der Waals surface area contributed by atoms with Gasteiger partial charge in [0, 0.05) is 34.3 Å². The number of aryl methyl sites for hydroxylation is 1. The number of hydrogen-bond acceptors (Lipinski definition) is 6. The second-order valence-electron chi connectivity index (χ2n) is 8.07. The van der Waals surface area contributed by atoms with Gasteiger partial charge in [0.1, 0.15) is 5.01 Å². The van der Waals surface area contributed by atoms with Crippen LogP contribution < -0.4 is 5.32 Å². The smallest absolute Gasteiger partial charge is 0.251 e. The molecule has 150 valence electrons. The predicted octanol–water partition coefficient (Wildman–Crippen LogP) is 2.46. The number of likely N-dealkylation sites (N-methyl/N-ethyl adjacent to an activating group) is 1. The van der Waals surface area contributed by atoms with Gasteiger partial charge in [0.2, 0.25) is 0 Å². The fraction of sp³-hybridized carbons (Fsp3) is 0.524. The van der Waals surface area contributed by atoms with Crippen LogP contribution in [-0.4, -0.2) is 65.4 Å². The number of carbonyl (C=O) groups excluding carboxylic acids is 1. The molecular weight excluding hydrogens is 374 g/mol. The van der Waals surface area contributed by atoms with Crippen LogP contribution in [0.25, 0.3) is 10.6 Å². The topological polar surface area (TPSA) is 74.7 Å². The average Bonchev–Trinajstić information content (AvgIpc) is 3.12. The van der Waals surface area contributed by atoms with Crippen molar-refractivity contribution in [2.75, 3.05) is 33.4 Å². The first kappa shape index (κ1) is 19.5. The molecule has 2 aromatic rings. The Hall–Kier alpha value is -1.80. The van der Waals surface area contributed by atoms with Crippen molar-refractivity contribution < 1.29 is 14.6 Å². The van der Waals surface area contributed by atoms with Gasteiger partial charge in [-0.15, -0.1) is 11.3 Å². The van der Waals surface area contributed by atoms with Crippen LogP contribution in [0.4, 0.5) is 0 Å². The number of amides is 1. The maximum absolute atomic E-state index is 12.8. The van der Waals surface area contributed by atoms with E-state index < -0.39 is 5.54 Å². The lowest BCUT2D eigenvalue weighted by atomic mass is 9.72. The molecular formula is C21H27N3O3S. The number of nitrogens with one attached hydrogen (secondary N) is 1. The summed E-state index contributed by atoms with van der Waals surface area (Å²) in [5.41, 5.74) is 1.93. The minimum Gasteiger partial charge on any atom is -0.394 e. The standard InChI is InChI=1S/C21H27N3O3S/c1-15-10-28-19(23-15)17-6-3-5-16(9-17)18(26)22-11-21(12-25)14-27-13-20(24(21)2)7-4-8-20/h3,5-6,9-10,25H,4,7-8,11-14H2,1-2H3,(H,22,26). The number of thiazole rings is 1. The van der Waals surface area contributed by atoms with Gasteiger partial charge in [0.15, 0.2) is 0 Å². The second kappa shape index (κ2) is 7.55. The fourth-order valence-corrected chi connectivity index (χ4v) is 4.99. The summed E-state index contributed by atoms with van der Waals surface area (Å²) < 4.78 is 5.86. The lowest BCUT2D eigenvalue weighted by Gasteiger charge is -2.59. The molecule has 0 radical (unpaired) electrons. The number of aromatic nitrogens is 1. The molecule has 28 heavy (non-hydrogen) atoms. The normalized spacial score (nSPS) is 24.1. The van der Waals surface area contributed by atoms with E-state index >= 15 is 0 Å². The minimum atomic E-state index is -0.585. The Morgan fingerprint density at radius 1 is 1.39 bits per heavy atom. The number of hydrogen-bond donors (Lipinski definition) is 2. The number of morpholine rings is 1. The van der Waals surface area contributed by atoms with Gasteiger partial charge in [-0.2, -0.15) is 0 Å². The van der Waals surface area contributed by atoms with Crippen molar-refractivity contribution in [3.8, 4) is 10.6 Å². The molecule has 1 spiro atoms. The number of aliphatic hydroxyl groups excluding tert-OH is 1. The quantitative estimate of drug-likeness (QED) is 0.805. The van der Waals surface area contributed by atoms with Crippen LogP contribution in [0.5, 0.6) is 0 Å². The van der Waals surface area contributed by atoms with Gasteiger partial charge < -0.3 is 15.2 Å². The van der Waals surface area contributed by atoms with Crippen LogP contribution in [0.15, 0.2) is 29.6 Å². The number of nitrogens with zero attached hydrogens (tertiary/aromatic N) is 2. The Kier molecular flexibility index (Phi) is 5.26. The van der Waals surface area contributed by atoms with E-state index in [1.807, 2.05) is 30.5 Å². The van der Waals surface area contributed by atoms with Crippen molar-refractivity contribution in [2.24, 2.45) is 0 Å². The largest absolute Gasteiger partial charge is 0.394 e. The molecule has 7 heteroatoms.